The maximum Gasteiger partial charge on any atom is 0.407 e. The Kier molecular flexibility index (Phi) is 6.80. The second-order valence-corrected chi connectivity index (χ2v) is 7.25. The van der Waals surface area contributed by atoms with Gasteiger partial charge < -0.3 is 15.4 Å². The van der Waals surface area contributed by atoms with Gasteiger partial charge in [0.25, 0.3) is 0 Å². The standard InChI is InChI=1S/C16H32N2O2/c1-12-6-8-14(9-7-12)17-11-10-13(2)18-15(19)20-16(3,4)5/h12-14,17H,6-11H2,1-5H3,(H,18,19). The van der Waals surface area contributed by atoms with Crippen LogP contribution in [0.2, 0.25) is 0 Å². The fourth-order valence-electron chi connectivity index (χ4n) is 2.55. The Morgan fingerprint density at radius 1 is 1.25 bits per heavy atom. The molecule has 20 heavy (non-hydrogen) atoms. The summed E-state index contributed by atoms with van der Waals surface area (Å²) >= 11 is 0. The largest absolute Gasteiger partial charge is 0.444 e. The summed E-state index contributed by atoms with van der Waals surface area (Å²) < 4.78 is 5.25. The molecule has 0 spiro atoms. The lowest BCUT2D eigenvalue weighted by molar-refractivity contribution is 0.0506. The van der Waals surface area contributed by atoms with Gasteiger partial charge >= 0.3 is 6.09 Å². The summed E-state index contributed by atoms with van der Waals surface area (Å²) in [7, 11) is 0. The maximum absolute atomic E-state index is 11.6. The number of nitrogens with one attached hydrogen (secondary N) is 2. The van der Waals surface area contributed by atoms with Crippen molar-refractivity contribution in [2.75, 3.05) is 6.54 Å². The van der Waals surface area contributed by atoms with E-state index < -0.39 is 5.60 Å². The molecule has 0 aliphatic heterocycles. The fraction of sp³-hybridized carbons (Fsp3) is 0.938. The third-order valence-electron chi connectivity index (χ3n) is 3.79. The minimum atomic E-state index is -0.430. The third-order valence-corrected chi connectivity index (χ3v) is 3.79. The molecule has 1 aliphatic carbocycles. The second-order valence-electron chi connectivity index (χ2n) is 7.25. The van der Waals surface area contributed by atoms with E-state index in [1.165, 1.54) is 25.7 Å². The van der Waals surface area contributed by atoms with Gasteiger partial charge in [-0.3, -0.25) is 0 Å². The first kappa shape index (κ1) is 17.3. The highest BCUT2D eigenvalue weighted by Crippen LogP contribution is 2.23. The van der Waals surface area contributed by atoms with E-state index in [0.29, 0.717) is 6.04 Å². The summed E-state index contributed by atoms with van der Waals surface area (Å²) in [5.41, 5.74) is -0.430. The second kappa shape index (κ2) is 7.87. The number of rotatable bonds is 5. The zero-order valence-corrected chi connectivity index (χ0v) is 13.8. The normalized spacial score (nSPS) is 25.1. The van der Waals surface area contributed by atoms with E-state index >= 15 is 0 Å². The highest BCUT2D eigenvalue weighted by molar-refractivity contribution is 5.67. The molecule has 118 valence electrons. The summed E-state index contributed by atoms with van der Waals surface area (Å²) in [6, 6.07) is 0.805. The maximum atomic E-state index is 11.6. The molecule has 1 atom stereocenters. The molecule has 0 aromatic rings. The first-order chi connectivity index (χ1) is 9.26. The molecule has 1 amide bonds. The van der Waals surface area contributed by atoms with Gasteiger partial charge in [0.15, 0.2) is 0 Å². The molecule has 0 aromatic heterocycles. The van der Waals surface area contributed by atoms with Crippen LogP contribution in [0.3, 0.4) is 0 Å². The first-order valence-electron chi connectivity index (χ1n) is 7.99. The molecule has 4 heteroatoms. The average molecular weight is 284 g/mol. The van der Waals surface area contributed by atoms with Crippen molar-refractivity contribution >= 4 is 6.09 Å². The molecule has 4 nitrogen and oxygen atoms in total. The Morgan fingerprint density at radius 3 is 2.40 bits per heavy atom. The Morgan fingerprint density at radius 2 is 1.85 bits per heavy atom. The van der Waals surface area contributed by atoms with Gasteiger partial charge in [0.2, 0.25) is 0 Å². The summed E-state index contributed by atoms with van der Waals surface area (Å²) in [4.78, 5) is 11.6. The van der Waals surface area contributed by atoms with Crippen LogP contribution < -0.4 is 10.6 Å². The molecular weight excluding hydrogens is 252 g/mol. The van der Waals surface area contributed by atoms with Crippen LogP contribution in [-0.2, 0) is 4.74 Å². The van der Waals surface area contributed by atoms with Crippen molar-refractivity contribution in [1.29, 1.82) is 0 Å². The minimum absolute atomic E-state index is 0.139. The predicted octanol–water partition coefficient (Wildman–Crippen LogP) is 3.46. The number of carbonyl (C=O) groups is 1. The molecule has 1 saturated carbocycles. The van der Waals surface area contributed by atoms with E-state index in [0.717, 1.165) is 18.9 Å². The summed E-state index contributed by atoms with van der Waals surface area (Å²) in [6.45, 7) is 10.9. The van der Waals surface area contributed by atoms with Crippen LogP contribution in [0.15, 0.2) is 0 Å². The van der Waals surface area contributed by atoms with Gasteiger partial charge in [-0.2, -0.15) is 0 Å². The molecule has 0 radical (unpaired) electrons. The van der Waals surface area contributed by atoms with E-state index in [9.17, 15) is 4.79 Å². The lowest BCUT2D eigenvalue weighted by Crippen LogP contribution is -2.40. The topological polar surface area (TPSA) is 50.4 Å². The SMILES string of the molecule is CC1CCC(NCCC(C)NC(=O)OC(C)(C)C)CC1. The molecule has 1 rings (SSSR count). The Balaban J connectivity index is 2.11. The van der Waals surface area contributed by atoms with E-state index in [1.807, 2.05) is 27.7 Å². The number of amides is 1. The molecule has 1 unspecified atom stereocenters. The van der Waals surface area contributed by atoms with Gasteiger partial charge in [0.05, 0.1) is 0 Å². The lowest BCUT2D eigenvalue weighted by Gasteiger charge is -2.27. The van der Waals surface area contributed by atoms with Gasteiger partial charge in [0.1, 0.15) is 5.60 Å². The van der Waals surface area contributed by atoms with E-state index in [2.05, 4.69) is 17.6 Å². The highest BCUT2D eigenvalue weighted by atomic mass is 16.6. The van der Waals surface area contributed by atoms with E-state index in [4.69, 9.17) is 4.74 Å². The van der Waals surface area contributed by atoms with Crippen LogP contribution in [0.1, 0.15) is 66.7 Å². The quantitative estimate of drug-likeness (QED) is 0.813. The van der Waals surface area contributed by atoms with Crippen molar-refractivity contribution in [3.63, 3.8) is 0 Å². The smallest absolute Gasteiger partial charge is 0.407 e. The van der Waals surface area contributed by atoms with Crippen LogP contribution in [-0.4, -0.2) is 30.3 Å². The first-order valence-corrected chi connectivity index (χ1v) is 7.99. The monoisotopic (exact) mass is 284 g/mol. The van der Waals surface area contributed by atoms with Crippen molar-refractivity contribution in [3.8, 4) is 0 Å². The predicted molar refractivity (Wildman–Crippen MR) is 82.9 cm³/mol. The van der Waals surface area contributed by atoms with Gasteiger partial charge in [0, 0.05) is 12.1 Å². The number of ether oxygens (including phenoxy) is 1. The summed E-state index contributed by atoms with van der Waals surface area (Å²) in [5.74, 6) is 0.890. The molecular formula is C16H32N2O2. The molecule has 0 heterocycles. The van der Waals surface area contributed by atoms with Crippen molar-refractivity contribution < 1.29 is 9.53 Å². The number of alkyl carbamates (subject to hydrolysis) is 1. The molecule has 2 N–H and O–H groups in total. The molecule has 0 saturated heterocycles. The van der Waals surface area contributed by atoms with Gasteiger partial charge in [-0.25, -0.2) is 4.79 Å². The Labute approximate surface area is 124 Å². The van der Waals surface area contributed by atoms with Crippen molar-refractivity contribution in [2.24, 2.45) is 5.92 Å². The zero-order chi connectivity index (χ0) is 15.2. The van der Waals surface area contributed by atoms with Gasteiger partial charge in [-0.05, 0) is 72.3 Å². The molecule has 0 bridgehead atoms. The number of hydrogen-bond donors (Lipinski definition) is 2. The molecule has 0 aromatic carbocycles. The van der Waals surface area contributed by atoms with Crippen LogP contribution in [0.4, 0.5) is 4.79 Å². The van der Waals surface area contributed by atoms with Crippen molar-refractivity contribution in [1.82, 2.24) is 10.6 Å². The van der Waals surface area contributed by atoms with Crippen molar-refractivity contribution in [2.45, 2.75) is 84.4 Å². The van der Waals surface area contributed by atoms with Crippen LogP contribution in [0, 0.1) is 5.92 Å². The van der Waals surface area contributed by atoms with E-state index in [1.54, 1.807) is 0 Å². The molecule has 1 fully saturated rings. The summed E-state index contributed by atoms with van der Waals surface area (Å²) in [6.07, 6.45) is 5.86. The number of hydrogen-bond acceptors (Lipinski definition) is 3. The van der Waals surface area contributed by atoms with Crippen LogP contribution in [0.5, 0.6) is 0 Å². The average Bonchev–Trinajstić information content (AvgIpc) is 2.29. The number of carbonyl (C=O) groups excluding carboxylic acids is 1. The Hall–Kier alpha value is -0.770. The van der Waals surface area contributed by atoms with Gasteiger partial charge in [-0.15, -0.1) is 0 Å². The van der Waals surface area contributed by atoms with Gasteiger partial charge in [-0.1, -0.05) is 6.92 Å². The minimum Gasteiger partial charge on any atom is -0.444 e. The lowest BCUT2D eigenvalue weighted by atomic mass is 9.87. The van der Waals surface area contributed by atoms with Crippen LogP contribution in [0.25, 0.3) is 0 Å². The molecule has 1 aliphatic rings. The fourth-order valence-corrected chi connectivity index (χ4v) is 2.55. The summed E-state index contributed by atoms with van der Waals surface area (Å²) in [5, 5.41) is 6.48. The van der Waals surface area contributed by atoms with Crippen LogP contribution >= 0.6 is 0 Å². The Bertz CT molecular complexity index is 291. The zero-order valence-electron chi connectivity index (χ0n) is 13.8. The van der Waals surface area contributed by atoms with E-state index in [-0.39, 0.29) is 12.1 Å². The van der Waals surface area contributed by atoms with Crippen molar-refractivity contribution in [3.05, 3.63) is 0 Å². The highest BCUT2D eigenvalue weighted by Gasteiger charge is 2.19. The third kappa shape index (κ3) is 7.73.